The molecule has 0 aromatic carbocycles. The van der Waals surface area contributed by atoms with Crippen molar-refractivity contribution in [3.8, 4) is 0 Å². The number of allylic oxidation sites excluding steroid dienone is 2. The fourth-order valence-corrected chi connectivity index (χ4v) is 1.84. The molecule has 0 N–H and O–H groups in total. The third kappa shape index (κ3) is 0.576. The highest BCUT2D eigenvalue weighted by atomic mass is 16.1. The second kappa shape index (κ2) is 1.47. The summed E-state index contributed by atoms with van der Waals surface area (Å²) in [6.45, 7) is 2.12. The molecule has 0 amide bonds. The van der Waals surface area contributed by atoms with Gasteiger partial charge < -0.3 is 0 Å². The quantitative estimate of drug-likeness (QED) is 0.445. The van der Waals surface area contributed by atoms with E-state index in [1.54, 1.807) is 0 Å². The first-order valence-electron chi connectivity index (χ1n) is 3.47. The number of hydrogen-bond acceptors (Lipinski definition) is 1. The van der Waals surface area contributed by atoms with Crippen molar-refractivity contribution in [3.63, 3.8) is 0 Å². The van der Waals surface area contributed by atoms with Gasteiger partial charge in [-0.1, -0.05) is 11.6 Å². The zero-order valence-corrected chi connectivity index (χ0v) is 5.55. The molecule has 2 rings (SSSR count). The van der Waals surface area contributed by atoms with Gasteiger partial charge >= 0.3 is 0 Å². The average molecular weight is 122 g/mol. The van der Waals surface area contributed by atoms with Crippen LogP contribution >= 0.6 is 0 Å². The monoisotopic (exact) mass is 122 g/mol. The Bertz CT molecular complexity index is 191. The standard InChI is InChI=1S/C8H10O/c1-5-2-6-4-8(9)7(6)3-5/h3,6-7H,2,4H2,1H3/t6-,7-/m1/s1. The van der Waals surface area contributed by atoms with Gasteiger partial charge in [-0.3, -0.25) is 4.79 Å². The molecule has 0 heterocycles. The molecule has 0 aliphatic heterocycles. The molecule has 2 aliphatic rings. The number of rotatable bonds is 0. The maximum atomic E-state index is 10.8. The van der Waals surface area contributed by atoms with Crippen LogP contribution in [-0.2, 0) is 4.79 Å². The number of ketones is 1. The van der Waals surface area contributed by atoms with Gasteiger partial charge in [-0.05, 0) is 19.3 Å². The van der Waals surface area contributed by atoms with Crippen molar-refractivity contribution in [2.75, 3.05) is 0 Å². The smallest absolute Gasteiger partial charge is 0.140 e. The van der Waals surface area contributed by atoms with Crippen LogP contribution in [0.4, 0.5) is 0 Å². The van der Waals surface area contributed by atoms with E-state index in [1.165, 1.54) is 12.0 Å². The molecule has 1 fully saturated rings. The van der Waals surface area contributed by atoms with Gasteiger partial charge in [0.1, 0.15) is 5.78 Å². The number of carbonyl (C=O) groups is 1. The van der Waals surface area contributed by atoms with Crippen LogP contribution < -0.4 is 0 Å². The van der Waals surface area contributed by atoms with E-state index >= 15 is 0 Å². The Morgan fingerprint density at radius 3 is 2.78 bits per heavy atom. The third-order valence-corrected chi connectivity index (χ3v) is 2.39. The van der Waals surface area contributed by atoms with Crippen molar-refractivity contribution in [2.45, 2.75) is 19.8 Å². The van der Waals surface area contributed by atoms with E-state index in [1.807, 2.05) is 0 Å². The number of carbonyl (C=O) groups excluding carboxylic acids is 1. The lowest BCUT2D eigenvalue weighted by molar-refractivity contribution is -0.130. The van der Waals surface area contributed by atoms with Crippen LogP contribution in [0.5, 0.6) is 0 Å². The fourth-order valence-electron chi connectivity index (χ4n) is 1.84. The van der Waals surface area contributed by atoms with Gasteiger partial charge in [-0.25, -0.2) is 0 Å². The average Bonchev–Trinajstić information content (AvgIpc) is 2.08. The van der Waals surface area contributed by atoms with Gasteiger partial charge in [-0.2, -0.15) is 0 Å². The van der Waals surface area contributed by atoms with Crippen molar-refractivity contribution in [3.05, 3.63) is 11.6 Å². The summed E-state index contributed by atoms with van der Waals surface area (Å²) in [5.74, 6) is 1.50. The Balaban J connectivity index is 2.21. The fraction of sp³-hybridized carbons (Fsp3) is 0.625. The lowest BCUT2D eigenvalue weighted by atomic mass is 9.75. The van der Waals surface area contributed by atoms with Gasteiger partial charge in [-0.15, -0.1) is 0 Å². The molecule has 0 unspecified atom stereocenters. The molecule has 48 valence electrons. The van der Waals surface area contributed by atoms with Crippen molar-refractivity contribution >= 4 is 5.78 Å². The Morgan fingerprint density at radius 1 is 1.56 bits per heavy atom. The van der Waals surface area contributed by atoms with Crippen molar-refractivity contribution in [1.29, 1.82) is 0 Å². The summed E-state index contributed by atoms with van der Waals surface area (Å²) in [6, 6.07) is 0. The highest BCUT2D eigenvalue weighted by Crippen LogP contribution is 2.42. The molecular formula is C8H10O. The second-order valence-corrected chi connectivity index (χ2v) is 3.17. The summed E-state index contributed by atoms with van der Waals surface area (Å²) >= 11 is 0. The summed E-state index contributed by atoms with van der Waals surface area (Å²) < 4.78 is 0. The number of Topliss-reactive ketones (excluding diaryl/α,β-unsaturated/α-hetero) is 1. The molecule has 0 aromatic rings. The van der Waals surface area contributed by atoms with Gasteiger partial charge in [0, 0.05) is 12.3 Å². The minimum Gasteiger partial charge on any atom is -0.299 e. The molecule has 9 heavy (non-hydrogen) atoms. The molecular weight excluding hydrogens is 112 g/mol. The highest BCUT2D eigenvalue weighted by molar-refractivity contribution is 5.90. The molecule has 1 heteroatoms. The van der Waals surface area contributed by atoms with Crippen LogP contribution in [0.1, 0.15) is 19.8 Å². The first-order chi connectivity index (χ1) is 4.27. The summed E-state index contributed by atoms with van der Waals surface area (Å²) in [6.07, 6.45) is 4.16. The molecule has 0 bridgehead atoms. The predicted molar refractivity (Wildman–Crippen MR) is 35.0 cm³/mol. The Hall–Kier alpha value is -0.590. The SMILES string of the molecule is CC1=C[C@H]2C(=O)C[C@H]2C1. The number of hydrogen-bond donors (Lipinski definition) is 0. The topological polar surface area (TPSA) is 17.1 Å². The maximum Gasteiger partial charge on any atom is 0.140 e. The molecule has 2 atom stereocenters. The van der Waals surface area contributed by atoms with Gasteiger partial charge in [0.25, 0.3) is 0 Å². The summed E-state index contributed by atoms with van der Waals surface area (Å²) in [5, 5.41) is 0. The van der Waals surface area contributed by atoms with Crippen LogP contribution in [0, 0.1) is 11.8 Å². The minimum atomic E-state index is 0.338. The molecule has 1 saturated carbocycles. The van der Waals surface area contributed by atoms with E-state index in [9.17, 15) is 4.79 Å². The lowest BCUT2D eigenvalue weighted by Crippen LogP contribution is -2.32. The Kier molecular flexibility index (Phi) is 0.850. The van der Waals surface area contributed by atoms with E-state index in [-0.39, 0.29) is 0 Å². The van der Waals surface area contributed by atoms with Gasteiger partial charge in [0.2, 0.25) is 0 Å². The molecule has 0 aromatic heterocycles. The van der Waals surface area contributed by atoms with E-state index in [4.69, 9.17) is 0 Å². The van der Waals surface area contributed by atoms with Crippen molar-refractivity contribution in [2.24, 2.45) is 11.8 Å². The van der Waals surface area contributed by atoms with E-state index in [0.29, 0.717) is 17.6 Å². The summed E-state index contributed by atoms with van der Waals surface area (Å²) in [4.78, 5) is 10.8. The number of fused-ring (bicyclic) bond motifs is 1. The largest absolute Gasteiger partial charge is 0.299 e. The van der Waals surface area contributed by atoms with Crippen molar-refractivity contribution < 1.29 is 4.79 Å². The third-order valence-electron chi connectivity index (χ3n) is 2.39. The molecule has 1 nitrogen and oxygen atoms in total. The second-order valence-electron chi connectivity index (χ2n) is 3.17. The van der Waals surface area contributed by atoms with Crippen LogP contribution in [-0.4, -0.2) is 5.78 Å². The highest BCUT2D eigenvalue weighted by Gasteiger charge is 2.41. The zero-order valence-electron chi connectivity index (χ0n) is 5.55. The Labute approximate surface area is 54.8 Å². The van der Waals surface area contributed by atoms with Gasteiger partial charge in [0.15, 0.2) is 0 Å². The van der Waals surface area contributed by atoms with Crippen molar-refractivity contribution in [1.82, 2.24) is 0 Å². The van der Waals surface area contributed by atoms with E-state index in [2.05, 4.69) is 13.0 Å². The minimum absolute atomic E-state index is 0.338. The molecule has 0 spiro atoms. The Morgan fingerprint density at radius 2 is 2.33 bits per heavy atom. The van der Waals surface area contributed by atoms with E-state index in [0.717, 1.165) is 6.42 Å². The maximum absolute atomic E-state index is 10.8. The predicted octanol–water partition coefficient (Wildman–Crippen LogP) is 1.54. The molecule has 0 saturated heterocycles. The normalized spacial score (nSPS) is 39.7. The summed E-state index contributed by atoms with van der Waals surface area (Å²) in [7, 11) is 0. The molecule has 0 radical (unpaired) electrons. The lowest BCUT2D eigenvalue weighted by Gasteiger charge is -2.27. The zero-order chi connectivity index (χ0) is 6.43. The van der Waals surface area contributed by atoms with Crippen LogP contribution in [0.25, 0.3) is 0 Å². The summed E-state index contributed by atoms with van der Waals surface area (Å²) in [5.41, 5.74) is 1.41. The first kappa shape index (κ1) is 5.21. The van der Waals surface area contributed by atoms with Crippen LogP contribution in [0.15, 0.2) is 11.6 Å². The molecule has 2 aliphatic carbocycles. The van der Waals surface area contributed by atoms with Crippen LogP contribution in [0.2, 0.25) is 0 Å². The van der Waals surface area contributed by atoms with E-state index < -0.39 is 0 Å². The van der Waals surface area contributed by atoms with Crippen LogP contribution in [0.3, 0.4) is 0 Å². The van der Waals surface area contributed by atoms with Gasteiger partial charge in [0.05, 0.1) is 0 Å². The first-order valence-corrected chi connectivity index (χ1v) is 3.47.